The highest BCUT2D eigenvalue weighted by Crippen LogP contribution is 2.38. The number of halogens is 1. The Bertz CT molecular complexity index is 938. The zero-order valence-electron chi connectivity index (χ0n) is 14.2. The first kappa shape index (κ1) is 17.0. The number of carboxylic acid groups (broad SMARTS) is 1. The van der Waals surface area contributed by atoms with Gasteiger partial charge in [-0.05, 0) is 31.4 Å². The van der Waals surface area contributed by atoms with Crippen LogP contribution < -0.4 is 16.2 Å². The predicted octanol–water partition coefficient (Wildman–Crippen LogP) is 1.89. The number of nitrogens with two attached hydrogens (primary N) is 1. The van der Waals surface area contributed by atoms with Crippen molar-refractivity contribution in [2.45, 2.75) is 25.3 Å². The van der Waals surface area contributed by atoms with Gasteiger partial charge in [0.2, 0.25) is 5.43 Å². The summed E-state index contributed by atoms with van der Waals surface area (Å²) in [6, 6.07) is 3.00. The molecule has 1 unspecified atom stereocenters. The summed E-state index contributed by atoms with van der Waals surface area (Å²) >= 11 is 0. The summed E-state index contributed by atoms with van der Waals surface area (Å²) < 4.78 is 16.6. The molecule has 0 spiro atoms. The first-order valence-corrected chi connectivity index (χ1v) is 8.68. The number of fused-ring (bicyclic) bond motifs is 1. The Labute approximate surface area is 148 Å². The highest BCUT2D eigenvalue weighted by atomic mass is 19.1. The van der Waals surface area contributed by atoms with Crippen LogP contribution in [0.5, 0.6) is 0 Å². The largest absolute Gasteiger partial charge is 0.477 e. The molecule has 2 aliphatic rings. The number of benzene rings is 1. The summed E-state index contributed by atoms with van der Waals surface area (Å²) in [4.78, 5) is 30.5. The number of hydrogen-bond donors (Lipinski definition) is 2. The van der Waals surface area contributed by atoms with Gasteiger partial charge in [-0.15, -0.1) is 0 Å². The monoisotopic (exact) mass is 361 g/mol. The van der Waals surface area contributed by atoms with Crippen LogP contribution in [0.2, 0.25) is 0 Å². The summed E-state index contributed by atoms with van der Waals surface area (Å²) in [5.41, 5.74) is 0.0369. The van der Waals surface area contributed by atoms with Crippen LogP contribution in [0.25, 0.3) is 10.9 Å². The van der Waals surface area contributed by atoms with Crippen LogP contribution in [0, 0.1) is 11.7 Å². The fraction of sp³-hybridized carbons (Fsp3) is 0.444. The maximum Gasteiger partial charge on any atom is 0.341 e. The molecule has 2 fully saturated rings. The Kier molecular flexibility index (Phi) is 4.16. The van der Waals surface area contributed by atoms with E-state index in [0.29, 0.717) is 30.9 Å². The molecule has 138 valence electrons. The van der Waals surface area contributed by atoms with Crippen LogP contribution in [-0.4, -0.2) is 35.3 Å². The molecule has 3 N–H and O–H groups in total. The third-order valence-corrected chi connectivity index (χ3v) is 5.23. The lowest BCUT2D eigenvalue weighted by Crippen LogP contribution is -2.24. The van der Waals surface area contributed by atoms with Gasteiger partial charge in [-0.25, -0.2) is 15.1 Å². The van der Waals surface area contributed by atoms with Crippen LogP contribution in [0.1, 0.15) is 35.7 Å². The maximum absolute atomic E-state index is 14.8. The average Bonchev–Trinajstić information content (AvgIpc) is 3.34. The molecular formula is C18H20FN3O4. The van der Waals surface area contributed by atoms with Gasteiger partial charge >= 0.3 is 5.97 Å². The molecule has 2 heterocycles. The Morgan fingerprint density at radius 3 is 2.77 bits per heavy atom. The smallest absolute Gasteiger partial charge is 0.341 e. The molecule has 1 atom stereocenters. The van der Waals surface area contributed by atoms with Gasteiger partial charge in [-0.1, -0.05) is 0 Å². The molecule has 1 aliphatic heterocycles. The summed E-state index contributed by atoms with van der Waals surface area (Å²) in [7, 11) is 0. The molecule has 1 aliphatic carbocycles. The number of anilines is 1. The topological polar surface area (TPSA) is 97.8 Å². The van der Waals surface area contributed by atoms with Gasteiger partial charge in [0, 0.05) is 36.6 Å². The lowest BCUT2D eigenvalue weighted by atomic mass is 10.1. The summed E-state index contributed by atoms with van der Waals surface area (Å²) in [6.07, 6.45) is 4.08. The summed E-state index contributed by atoms with van der Waals surface area (Å²) in [5.74, 6) is 3.55. The van der Waals surface area contributed by atoms with Gasteiger partial charge in [0.1, 0.15) is 11.4 Å². The second-order valence-corrected chi connectivity index (χ2v) is 7.07. The number of aromatic carboxylic acids is 1. The van der Waals surface area contributed by atoms with E-state index in [2.05, 4.69) is 0 Å². The van der Waals surface area contributed by atoms with Gasteiger partial charge in [0.25, 0.3) is 0 Å². The van der Waals surface area contributed by atoms with E-state index in [1.165, 1.54) is 12.3 Å². The molecule has 2 aromatic rings. The van der Waals surface area contributed by atoms with E-state index in [0.717, 1.165) is 19.3 Å². The predicted molar refractivity (Wildman–Crippen MR) is 93.9 cm³/mol. The normalized spacial score (nSPS) is 20.1. The van der Waals surface area contributed by atoms with Crippen LogP contribution >= 0.6 is 0 Å². The quantitative estimate of drug-likeness (QED) is 0.790. The van der Waals surface area contributed by atoms with E-state index >= 15 is 0 Å². The van der Waals surface area contributed by atoms with Crippen molar-refractivity contribution in [1.29, 1.82) is 0 Å². The second-order valence-electron chi connectivity index (χ2n) is 7.07. The van der Waals surface area contributed by atoms with E-state index in [1.54, 1.807) is 10.6 Å². The second kappa shape index (κ2) is 6.37. The minimum atomic E-state index is -1.29. The van der Waals surface area contributed by atoms with Crippen molar-refractivity contribution in [2.75, 3.05) is 24.6 Å². The van der Waals surface area contributed by atoms with Crippen LogP contribution in [0.3, 0.4) is 0 Å². The summed E-state index contributed by atoms with van der Waals surface area (Å²) in [5, 5.41) is 9.40. The van der Waals surface area contributed by atoms with Crippen molar-refractivity contribution in [3.63, 3.8) is 0 Å². The first-order chi connectivity index (χ1) is 12.5. The average molecular weight is 361 g/mol. The zero-order valence-corrected chi connectivity index (χ0v) is 14.2. The standard InChI is InChI=1S/C18H20FN3O4/c19-14-5-12-15(6-16(14)21-4-3-10(7-21)9-26-20)22(11-1-2-11)8-13(17(12)23)18(24)25/h5-6,8,10-11H,1-4,7,9,20H2,(H,24,25). The van der Waals surface area contributed by atoms with Crippen molar-refractivity contribution in [3.05, 3.63) is 39.9 Å². The third kappa shape index (κ3) is 2.85. The first-order valence-electron chi connectivity index (χ1n) is 8.68. The van der Waals surface area contributed by atoms with Crippen LogP contribution in [0.15, 0.2) is 23.1 Å². The van der Waals surface area contributed by atoms with Gasteiger partial charge in [-0.2, -0.15) is 0 Å². The van der Waals surface area contributed by atoms with E-state index in [4.69, 9.17) is 10.7 Å². The fourth-order valence-corrected chi connectivity index (χ4v) is 3.73. The van der Waals surface area contributed by atoms with E-state index in [9.17, 15) is 19.1 Å². The van der Waals surface area contributed by atoms with Gasteiger partial charge in [-0.3, -0.25) is 4.79 Å². The van der Waals surface area contributed by atoms with Crippen molar-refractivity contribution >= 4 is 22.6 Å². The van der Waals surface area contributed by atoms with Crippen molar-refractivity contribution < 1.29 is 19.1 Å². The van der Waals surface area contributed by atoms with E-state index in [-0.39, 0.29) is 22.9 Å². The number of rotatable bonds is 5. The number of carbonyl (C=O) groups is 1. The number of carboxylic acids is 1. The molecule has 0 radical (unpaired) electrons. The Hall–Kier alpha value is -2.45. The minimum Gasteiger partial charge on any atom is -0.477 e. The summed E-state index contributed by atoms with van der Waals surface area (Å²) in [6.45, 7) is 1.72. The van der Waals surface area contributed by atoms with Crippen molar-refractivity contribution in [1.82, 2.24) is 4.57 Å². The lowest BCUT2D eigenvalue weighted by Gasteiger charge is -2.21. The Morgan fingerprint density at radius 1 is 1.35 bits per heavy atom. The van der Waals surface area contributed by atoms with Crippen molar-refractivity contribution in [3.8, 4) is 0 Å². The molecule has 1 aromatic heterocycles. The number of pyridine rings is 1. The molecule has 26 heavy (non-hydrogen) atoms. The molecule has 1 saturated heterocycles. The molecule has 0 bridgehead atoms. The van der Waals surface area contributed by atoms with Crippen LogP contribution in [0.4, 0.5) is 10.1 Å². The highest BCUT2D eigenvalue weighted by Gasteiger charge is 2.29. The zero-order chi connectivity index (χ0) is 18.4. The molecular weight excluding hydrogens is 341 g/mol. The molecule has 8 heteroatoms. The minimum absolute atomic E-state index is 0.110. The maximum atomic E-state index is 14.8. The molecule has 1 aromatic carbocycles. The highest BCUT2D eigenvalue weighted by molar-refractivity contribution is 5.93. The van der Waals surface area contributed by atoms with Gasteiger partial charge in [0.15, 0.2) is 0 Å². The number of nitrogens with zero attached hydrogens (tertiary/aromatic N) is 2. The Morgan fingerprint density at radius 2 is 2.12 bits per heavy atom. The number of aromatic nitrogens is 1. The Balaban J connectivity index is 1.84. The van der Waals surface area contributed by atoms with Gasteiger partial charge in [0.05, 0.1) is 17.8 Å². The molecule has 4 rings (SSSR count). The van der Waals surface area contributed by atoms with E-state index < -0.39 is 17.2 Å². The molecule has 0 amide bonds. The van der Waals surface area contributed by atoms with Crippen molar-refractivity contribution in [2.24, 2.45) is 11.8 Å². The molecule has 1 saturated carbocycles. The number of hydrogen-bond acceptors (Lipinski definition) is 5. The lowest BCUT2D eigenvalue weighted by molar-refractivity contribution is 0.0695. The SMILES string of the molecule is NOCC1CCN(c2cc3c(cc2F)c(=O)c(C(=O)O)cn3C2CC2)C1. The van der Waals surface area contributed by atoms with Gasteiger partial charge < -0.3 is 19.4 Å². The van der Waals surface area contributed by atoms with E-state index in [1.807, 2.05) is 4.90 Å². The molecule has 7 nitrogen and oxygen atoms in total. The fourth-order valence-electron chi connectivity index (χ4n) is 3.73. The van der Waals surface area contributed by atoms with Crippen LogP contribution in [-0.2, 0) is 4.84 Å². The third-order valence-electron chi connectivity index (χ3n) is 5.23.